The Bertz CT molecular complexity index is 488. The molecule has 7 heteroatoms. The minimum absolute atomic E-state index is 0.0242. The van der Waals surface area contributed by atoms with Crippen LogP contribution in [0, 0.1) is 0 Å². The topological polar surface area (TPSA) is 101 Å². The average molecular weight is 367 g/mol. The summed E-state index contributed by atoms with van der Waals surface area (Å²) in [4.78, 5) is 49.3. The molecule has 146 valence electrons. The predicted molar refractivity (Wildman–Crippen MR) is 97.2 cm³/mol. The van der Waals surface area contributed by atoms with Crippen LogP contribution in [-0.4, -0.2) is 46.4 Å². The lowest BCUT2D eigenvalue weighted by molar-refractivity contribution is -0.164. The molecule has 0 heterocycles. The van der Waals surface area contributed by atoms with Crippen molar-refractivity contribution in [3.63, 3.8) is 0 Å². The molecule has 0 aliphatic carbocycles. The molecule has 0 spiro atoms. The summed E-state index contributed by atoms with van der Waals surface area (Å²) < 4.78 is 5.01. The van der Waals surface area contributed by atoms with Crippen molar-refractivity contribution < 1.29 is 29.0 Å². The van der Waals surface area contributed by atoms with Crippen LogP contribution in [0.5, 0.6) is 0 Å². The Morgan fingerprint density at radius 2 is 1.54 bits per heavy atom. The van der Waals surface area contributed by atoms with Crippen molar-refractivity contribution in [1.82, 2.24) is 4.90 Å². The number of carboxylic acids is 1. The maximum absolute atomic E-state index is 12.5. The van der Waals surface area contributed by atoms with Gasteiger partial charge in [0, 0.05) is 12.8 Å². The van der Waals surface area contributed by atoms with Crippen LogP contribution in [0.3, 0.4) is 0 Å². The van der Waals surface area contributed by atoms with Gasteiger partial charge in [-0.05, 0) is 32.1 Å². The lowest BCUT2D eigenvalue weighted by Crippen LogP contribution is -2.50. The normalized spacial score (nSPS) is 11.3. The number of carbonyl (C=O) groups is 4. The Balaban J connectivity index is 5.45. The Hall–Kier alpha value is -2.44. The monoisotopic (exact) mass is 367 g/mol. The smallest absolute Gasteiger partial charge is 0.329 e. The number of rotatable bonds is 14. The van der Waals surface area contributed by atoms with E-state index < -0.39 is 36.2 Å². The molecule has 0 aromatic heterocycles. The van der Waals surface area contributed by atoms with E-state index in [1.807, 2.05) is 0 Å². The SMILES string of the molecule is C=CCCCC(=O)N(C(=O)CCCC=C)C(CC(=O)O)C(=O)OCCC. The van der Waals surface area contributed by atoms with Crippen molar-refractivity contribution in [2.45, 2.75) is 64.3 Å². The minimum atomic E-state index is -1.45. The third-order valence-electron chi connectivity index (χ3n) is 3.54. The van der Waals surface area contributed by atoms with Crippen LogP contribution < -0.4 is 0 Å². The number of amides is 2. The van der Waals surface area contributed by atoms with E-state index in [9.17, 15) is 19.2 Å². The van der Waals surface area contributed by atoms with E-state index in [0.29, 0.717) is 32.1 Å². The van der Waals surface area contributed by atoms with Gasteiger partial charge in [0.05, 0.1) is 13.0 Å². The summed E-state index contributed by atoms with van der Waals surface area (Å²) in [6, 6.07) is -1.45. The number of hydrogen-bond donors (Lipinski definition) is 1. The van der Waals surface area contributed by atoms with Crippen molar-refractivity contribution in [3.05, 3.63) is 25.3 Å². The van der Waals surface area contributed by atoms with E-state index in [1.54, 1.807) is 19.1 Å². The van der Waals surface area contributed by atoms with Crippen LogP contribution in [0.25, 0.3) is 0 Å². The van der Waals surface area contributed by atoms with Gasteiger partial charge in [-0.15, -0.1) is 13.2 Å². The highest BCUT2D eigenvalue weighted by Crippen LogP contribution is 2.15. The molecule has 26 heavy (non-hydrogen) atoms. The number of allylic oxidation sites excluding steroid dienone is 2. The van der Waals surface area contributed by atoms with Crippen molar-refractivity contribution in [2.24, 2.45) is 0 Å². The van der Waals surface area contributed by atoms with Crippen LogP contribution in [0.4, 0.5) is 0 Å². The summed E-state index contributed by atoms with van der Waals surface area (Å²) in [5, 5.41) is 9.12. The second-order valence-electron chi connectivity index (χ2n) is 5.80. The summed E-state index contributed by atoms with van der Waals surface area (Å²) >= 11 is 0. The van der Waals surface area contributed by atoms with Gasteiger partial charge in [-0.25, -0.2) is 4.79 Å². The molecular formula is C19H29NO6. The van der Waals surface area contributed by atoms with Gasteiger partial charge >= 0.3 is 11.9 Å². The van der Waals surface area contributed by atoms with Gasteiger partial charge in [-0.1, -0.05) is 19.1 Å². The maximum Gasteiger partial charge on any atom is 0.329 e. The zero-order valence-electron chi connectivity index (χ0n) is 15.4. The van der Waals surface area contributed by atoms with Gasteiger partial charge in [-0.3, -0.25) is 19.3 Å². The van der Waals surface area contributed by atoms with E-state index in [0.717, 1.165) is 4.90 Å². The first-order valence-electron chi connectivity index (χ1n) is 8.84. The van der Waals surface area contributed by atoms with E-state index in [1.165, 1.54) is 0 Å². The number of esters is 1. The molecule has 0 aliphatic rings. The summed E-state index contributed by atoms with van der Waals surface area (Å²) in [7, 11) is 0. The summed E-state index contributed by atoms with van der Waals surface area (Å²) in [6.45, 7) is 9.03. The van der Waals surface area contributed by atoms with Crippen molar-refractivity contribution in [2.75, 3.05) is 6.61 Å². The van der Waals surface area contributed by atoms with Gasteiger partial charge in [0.2, 0.25) is 11.8 Å². The molecule has 7 nitrogen and oxygen atoms in total. The first kappa shape index (κ1) is 23.6. The molecule has 0 radical (unpaired) electrons. The van der Waals surface area contributed by atoms with E-state index in [4.69, 9.17) is 9.84 Å². The Kier molecular flexibility index (Phi) is 12.5. The Morgan fingerprint density at radius 3 is 1.92 bits per heavy atom. The highest BCUT2D eigenvalue weighted by atomic mass is 16.5. The van der Waals surface area contributed by atoms with Gasteiger partial charge in [0.1, 0.15) is 6.04 Å². The molecular weight excluding hydrogens is 338 g/mol. The molecule has 0 aliphatic heterocycles. The van der Waals surface area contributed by atoms with Crippen LogP contribution in [-0.2, 0) is 23.9 Å². The molecule has 2 amide bonds. The highest BCUT2D eigenvalue weighted by Gasteiger charge is 2.36. The number of carboxylic acid groups (broad SMARTS) is 1. The predicted octanol–water partition coefficient (Wildman–Crippen LogP) is 2.85. The molecule has 1 atom stereocenters. The second-order valence-corrected chi connectivity index (χ2v) is 5.80. The van der Waals surface area contributed by atoms with Gasteiger partial charge in [0.25, 0.3) is 0 Å². The van der Waals surface area contributed by atoms with E-state index >= 15 is 0 Å². The van der Waals surface area contributed by atoms with Crippen molar-refractivity contribution in [3.8, 4) is 0 Å². The van der Waals surface area contributed by atoms with Gasteiger partial charge in [-0.2, -0.15) is 0 Å². The lowest BCUT2D eigenvalue weighted by Gasteiger charge is -2.28. The van der Waals surface area contributed by atoms with Crippen LogP contribution in [0.2, 0.25) is 0 Å². The summed E-state index contributed by atoms with van der Waals surface area (Å²) in [5.74, 6) is -3.31. The first-order chi connectivity index (χ1) is 12.4. The van der Waals surface area contributed by atoms with Gasteiger partial charge < -0.3 is 9.84 Å². The molecule has 1 N–H and O–H groups in total. The van der Waals surface area contributed by atoms with Crippen molar-refractivity contribution >= 4 is 23.8 Å². The maximum atomic E-state index is 12.5. The Labute approximate surface area is 154 Å². The number of nitrogens with zero attached hydrogens (tertiary/aromatic N) is 1. The van der Waals surface area contributed by atoms with Crippen LogP contribution >= 0.6 is 0 Å². The molecule has 0 bridgehead atoms. The lowest BCUT2D eigenvalue weighted by atomic mass is 10.1. The molecule has 1 unspecified atom stereocenters. The van der Waals surface area contributed by atoms with E-state index in [-0.39, 0.29) is 19.4 Å². The number of aliphatic carboxylic acids is 1. The minimum Gasteiger partial charge on any atom is -0.481 e. The van der Waals surface area contributed by atoms with Crippen LogP contribution in [0.1, 0.15) is 58.3 Å². The standard InChI is InChI=1S/C19H29NO6/c1-4-7-9-11-16(21)20(17(22)12-10-8-5-2)15(14-18(23)24)19(25)26-13-6-3/h4-5,15H,1-2,6-14H2,3H3,(H,23,24). The Morgan fingerprint density at radius 1 is 1.04 bits per heavy atom. The number of unbranched alkanes of at least 4 members (excludes halogenated alkanes) is 2. The molecule has 0 saturated carbocycles. The van der Waals surface area contributed by atoms with Gasteiger partial charge in [0.15, 0.2) is 0 Å². The quantitative estimate of drug-likeness (QED) is 0.288. The average Bonchev–Trinajstić information content (AvgIpc) is 2.59. The molecule has 0 aromatic rings. The largest absolute Gasteiger partial charge is 0.481 e. The fourth-order valence-corrected chi connectivity index (χ4v) is 2.27. The number of hydrogen-bond acceptors (Lipinski definition) is 5. The zero-order valence-corrected chi connectivity index (χ0v) is 15.4. The third-order valence-corrected chi connectivity index (χ3v) is 3.54. The molecule has 0 rings (SSSR count). The second kappa shape index (κ2) is 13.8. The van der Waals surface area contributed by atoms with Crippen LogP contribution in [0.15, 0.2) is 25.3 Å². The third kappa shape index (κ3) is 9.15. The highest BCUT2D eigenvalue weighted by molar-refractivity contribution is 6.00. The fraction of sp³-hybridized carbons (Fsp3) is 0.579. The number of carbonyl (C=O) groups excluding carboxylic acids is 3. The molecule has 0 fully saturated rings. The fourth-order valence-electron chi connectivity index (χ4n) is 2.27. The van der Waals surface area contributed by atoms with Crippen molar-refractivity contribution in [1.29, 1.82) is 0 Å². The molecule has 0 aromatic carbocycles. The summed E-state index contributed by atoms with van der Waals surface area (Å²) in [6.07, 6.45) is 5.29. The zero-order chi connectivity index (χ0) is 19.9. The van der Waals surface area contributed by atoms with E-state index in [2.05, 4.69) is 13.2 Å². The summed E-state index contributed by atoms with van der Waals surface area (Å²) in [5.41, 5.74) is 0. The number of ether oxygens (including phenoxy) is 1. The first-order valence-corrected chi connectivity index (χ1v) is 8.84. The number of imide groups is 1. The molecule has 0 saturated heterocycles.